The van der Waals surface area contributed by atoms with E-state index in [9.17, 15) is 12.8 Å². The monoisotopic (exact) mass is 274 g/mol. The van der Waals surface area contributed by atoms with E-state index >= 15 is 0 Å². The van der Waals surface area contributed by atoms with Gasteiger partial charge in [-0.2, -0.15) is 0 Å². The molecule has 1 fully saturated rings. The summed E-state index contributed by atoms with van der Waals surface area (Å²) in [6.45, 7) is 0.997. The molecule has 1 heterocycles. The van der Waals surface area contributed by atoms with E-state index in [1.807, 2.05) is 0 Å². The van der Waals surface area contributed by atoms with Gasteiger partial charge in [-0.25, -0.2) is 17.5 Å². The van der Waals surface area contributed by atoms with E-state index in [1.165, 1.54) is 0 Å². The largest absolute Gasteiger partial charge is 0.398 e. The molecule has 1 atom stereocenters. The first-order chi connectivity index (χ1) is 8.49. The van der Waals surface area contributed by atoms with Crippen LogP contribution < -0.4 is 10.5 Å². The molecule has 1 aliphatic rings. The van der Waals surface area contributed by atoms with Crippen molar-refractivity contribution in [1.82, 2.24) is 4.72 Å². The van der Waals surface area contributed by atoms with Crippen LogP contribution in [0.4, 0.5) is 10.1 Å². The summed E-state index contributed by atoms with van der Waals surface area (Å²) in [5, 5.41) is 0. The predicted molar refractivity (Wildman–Crippen MR) is 65.0 cm³/mol. The number of rotatable bonds is 3. The summed E-state index contributed by atoms with van der Waals surface area (Å²) < 4.78 is 44.7. The second-order valence-corrected chi connectivity index (χ2v) is 5.90. The molecule has 5 nitrogen and oxygen atoms in total. The van der Waals surface area contributed by atoms with E-state index in [4.69, 9.17) is 10.5 Å². The summed E-state index contributed by atoms with van der Waals surface area (Å²) in [5.74, 6) is -0.563. The second-order valence-electron chi connectivity index (χ2n) is 4.22. The fraction of sp³-hybridized carbons (Fsp3) is 0.455. The predicted octanol–water partition coefficient (Wildman–Crippen LogP) is 0.865. The Morgan fingerprint density at radius 3 is 2.83 bits per heavy atom. The van der Waals surface area contributed by atoms with Crippen LogP contribution in [-0.4, -0.2) is 27.7 Å². The molecule has 100 valence electrons. The number of benzene rings is 1. The highest BCUT2D eigenvalue weighted by Gasteiger charge is 2.24. The first kappa shape index (κ1) is 13.3. The van der Waals surface area contributed by atoms with Crippen molar-refractivity contribution < 1.29 is 17.5 Å². The quantitative estimate of drug-likeness (QED) is 0.801. The van der Waals surface area contributed by atoms with Gasteiger partial charge in [0.15, 0.2) is 0 Å². The van der Waals surface area contributed by atoms with E-state index in [0.717, 1.165) is 31.0 Å². The lowest BCUT2D eigenvalue weighted by Crippen LogP contribution is -2.40. The minimum atomic E-state index is -3.73. The second kappa shape index (κ2) is 5.21. The molecule has 0 spiro atoms. The first-order valence-corrected chi connectivity index (χ1v) is 7.12. The number of hydrogen-bond acceptors (Lipinski definition) is 4. The Bertz CT molecular complexity index is 527. The zero-order chi connectivity index (χ0) is 13.2. The lowest BCUT2D eigenvalue weighted by Gasteiger charge is -2.23. The maximum Gasteiger partial charge on any atom is 0.242 e. The minimum absolute atomic E-state index is 0.0979. The molecule has 2 rings (SSSR count). The normalized spacial score (nSPS) is 20.8. The van der Waals surface area contributed by atoms with Crippen molar-refractivity contribution >= 4 is 15.7 Å². The van der Waals surface area contributed by atoms with Crippen molar-refractivity contribution in [1.29, 1.82) is 0 Å². The van der Waals surface area contributed by atoms with Gasteiger partial charge in [0, 0.05) is 12.6 Å². The van der Waals surface area contributed by atoms with Crippen LogP contribution in [0.1, 0.15) is 12.8 Å². The van der Waals surface area contributed by atoms with Crippen molar-refractivity contribution in [3.8, 4) is 0 Å². The van der Waals surface area contributed by atoms with Gasteiger partial charge >= 0.3 is 0 Å². The van der Waals surface area contributed by atoms with E-state index < -0.39 is 15.8 Å². The molecule has 1 saturated heterocycles. The van der Waals surface area contributed by atoms with Crippen molar-refractivity contribution in [2.45, 2.75) is 23.8 Å². The van der Waals surface area contributed by atoms with Gasteiger partial charge in [0.05, 0.1) is 12.3 Å². The molecular weight excluding hydrogens is 259 g/mol. The summed E-state index contributed by atoms with van der Waals surface area (Å²) in [4.78, 5) is -0.102. The molecule has 0 amide bonds. The molecule has 0 bridgehead atoms. The van der Waals surface area contributed by atoms with Crippen LogP contribution in [0.5, 0.6) is 0 Å². The number of hydrogen-bond donors (Lipinski definition) is 2. The van der Waals surface area contributed by atoms with Crippen LogP contribution in [0.2, 0.25) is 0 Å². The van der Waals surface area contributed by atoms with Crippen molar-refractivity contribution in [2.75, 3.05) is 18.9 Å². The molecule has 1 aromatic carbocycles. The third-order valence-electron chi connectivity index (χ3n) is 2.74. The molecule has 1 unspecified atom stereocenters. The molecule has 1 aromatic rings. The highest BCUT2D eigenvalue weighted by molar-refractivity contribution is 7.89. The molecule has 7 heteroatoms. The Morgan fingerprint density at radius 2 is 2.22 bits per heavy atom. The minimum Gasteiger partial charge on any atom is -0.398 e. The Hall–Kier alpha value is -1.18. The van der Waals surface area contributed by atoms with Gasteiger partial charge in [-0.15, -0.1) is 0 Å². The molecule has 0 radical (unpaired) electrons. The SMILES string of the molecule is Nc1cc(F)ccc1S(=O)(=O)NC1CCCOC1. The summed E-state index contributed by atoms with van der Waals surface area (Å²) in [6, 6.07) is 2.97. The maximum absolute atomic E-state index is 12.9. The Balaban J connectivity index is 2.19. The topological polar surface area (TPSA) is 81.4 Å². The molecule has 3 N–H and O–H groups in total. The molecule has 0 saturated carbocycles. The van der Waals surface area contributed by atoms with Crippen LogP contribution >= 0.6 is 0 Å². The number of ether oxygens (including phenoxy) is 1. The highest BCUT2D eigenvalue weighted by atomic mass is 32.2. The fourth-order valence-electron chi connectivity index (χ4n) is 1.88. The summed E-state index contributed by atoms with van der Waals surface area (Å²) >= 11 is 0. The zero-order valence-corrected chi connectivity index (χ0v) is 10.5. The van der Waals surface area contributed by atoms with E-state index in [0.29, 0.717) is 13.2 Å². The summed E-state index contributed by atoms with van der Waals surface area (Å²) in [5.41, 5.74) is 5.42. The van der Waals surface area contributed by atoms with Gasteiger partial charge in [0.2, 0.25) is 10.0 Å². The number of anilines is 1. The van der Waals surface area contributed by atoms with Crippen LogP contribution in [0, 0.1) is 5.82 Å². The van der Waals surface area contributed by atoms with Crippen molar-refractivity contribution in [2.24, 2.45) is 0 Å². The summed E-state index contributed by atoms with van der Waals surface area (Å²) in [6.07, 6.45) is 1.53. The number of halogens is 1. The fourth-order valence-corrected chi connectivity index (χ4v) is 3.25. The lowest BCUT2D eigenvalue weighted by molar-refractivity contribution is 0.0774. The Kier molecular flexibility index (Phi) is 3.84. The highest BCUT2D eigenvalue weighted by Crippen LogP contribution is 2.20. The number of nitrogen functional groups attached to an aromatic ring is 1. The maximum atomic E-state index is 12.9. The van der Waals surface area contributed by atoms with Crippen LogP contribution in [-0.2, 0) is 14.8 Å². The van der Waals surface area contributed by atoms with Crippen molar-refractivity contribution in [3.63, 3.8) is 0 Å². The number of sulfonamides is 1. The average Bonchev–Trinajstić information content (AvgIpc) is 2.29. The van der Waals surface area contributed by atoms with Crippen LogP contribution in [0.25, 0.3) is 0 Å². The van der Waals surface area contributed by atoms with Crippen LogP contribution in [0.15, 0.2) is 23.1 Å². The van der Waals surface area contributed by atoms with Crippen molar-refractivity contribution in [3.05, 3.63) is 24.0 Å². The Morgan fingerprint density at radius 1 is 1.44 bits per heavy atom. The molecule has 0 aliphatic carbocycles. The van der Waals surface area contributed by atoms with E-state index in [-0.39, 0.29) is 16.6 Å². The molecule has 1 aliphatic heterocycles. The van der Waals surface area contributed by atoms with Gasteiger partial charge in [-0.3, -0.25) is 0 Å². The van der Waals surface area contributed by atoms with Crippen LogP contribution in [0.3, 0.4) is 0 Å². The standard InChI is InChI=1S/C11H15FN2O3S/c12-8-3-4-11(10(13)6-8)18(15,16)14-9-2-1-5-17-7-9/h3-4,6,9,14H,1-2,5,7,13H2. The third-order valence-corrected chi connectivity index (χ3v) is 4.34. The molecule has 18 heavy (non-hydrogen) atoms. The average molecular weight is 274 g/mol. The van der Waals surface area contributed by atoms with Gasteiger partial charge in [-0.05, 0) is 31.0 Å². The van der Waals surface area contributed by atoms with Gasteiger partial charge < -0.3 is 10.5 Å². The van der Waals surface area contributed by atoms with E-state index in [1.54, 1.807) is 0 Å². The number of nitrogens with two attached hydrogens (primary N) is 1. The third kappa shape index (κ3) is 2.98. The van der Waals surface area contributed by atoms with E-state index in [2.05, 4.69) is 4.72 Å². The lowest BCUT2D eigenvalue weighted by atomic mass is 10.1. The first-order valence-electron chi connectivity index (χ1n) is 5.64. The van der Waals surface area contributed by atoms with Gasteiger partial charge in [0.1, 0.15) is 10.7 Å². The smallest absolute Gasteiger partial charge is 0.242 e. The Labute approximate surface area is 105 Å². The zero-order valence-electron chi connectivity index (χ0n) is 9.73. The van der Waals surface area contributed by atoms with Gasteiger partial charge in [0.25, 0.3) is 0 Å². The molecular formula is C11H15FN2O3S. The number of nitrogens with one attached hydrogen (secondary N) is 1. The summed E-state index contributed by atoms with van der Waals surface area (Å²) in [7, 11) is -3.73. The molecule has 0 aromatic heterocycles. The van der Waals surface area contributed by atoms with Gasteiger partial charge in [-0.1, -0.05) is 0 Å².